The van der Waals surface area contributed by atoms with Gasteiger partial charge in [0.2, 0.25) is 0 Å². The van der Waals surface area contributed by atoms with E-state index in [4.69, 9.17) is 4.74 Å². The highest BCUT2D eigenvalue weighted by molar-refractivity contribution is 5.22. The predicted octanol–water partition coefficient (Wildman–Crippen LogP) is 2.65. The first-order valence-corrected chi connectivity index (χ1v) is 5.85. The van der Waals surface area contributed by atoms with Crippen LogP contribution in [0.15, 0.2) is 18.2 Å². The SMILES string of the molecule is CNC(c1ccc(F)c(F)c1)C1COC(C)C1. The fourth-order valence-corrected chi connectivity index (χ4v) is 2.46. The zero-order valence-electron chi connectivity index (χ0n) is 10.0. The van der Waals surface area contributed by atoms with Crippen LogP contribution in [0.3, 0.4) is 0 Å². The van der Waals surface area contributed by atoms with Gasteiger partial charge in [-0.05, 0) is 38.1 Å². The summed E-state index contributed by atoms with van der Waals surface area (Å²) in [6, 6.07) is 4.08. The molecule has 0 spiro atoms. The van der Waals surface area contributed by atoms with Crippen molar-refractivity contribution in [2.45, 2.75) is 25.5 Å². The molecule has 17 heavy (non-hydrogen) atoms. The topological polar surface area (TPSA) is 21.3 Å². The molecule has 1 fully saturated rings. The molecule has 2 nitrogen and oxygen atoms in total. The summed E-state index contributed by atoms with van der Waals surface area (Å²) in [6.07, 6.45) is 1.17. The number of hydrogen-bond acceptors (Lipinski definition) is 2. The maximum absolute atomic E-state index is 13.2. The third-order valence-electron chi connectivity index (χ3n) is 3.31. The maximum Gasteiger partial charge on any atom is 0.159 e. The van der Waals surface area contributed by atoms with E-state index in [1.165, 1.54) is 12.1 Å². The van der Waals surface area contributed by atoms with Gasteiger partial charge in [0.15, 0.2) is 11.6 Å². The molecule has 1 aromatic carbocycles. The Bertz CT molecular complexity index is 397. The van der Waals surface area contributed by atoms with Crippen molar-refractivity contribution in [3.63, 3.8) is 0 Å². The second-order valence-electron chi connectivity index (χ2n) is 4.58. The van der Waals surface area contributed by atoms with Crippen molar-refractivity contribution in [2.24, 2.45) is 5.92 Å². The highest BCUT2D eigenvalue weighted by Gasteiger charge is 2.30. The van der Waals surface area contributed by atoms with Crippen LogP contribution in [0, 0.1) is 17.6 Å². The van der Waals surface area contributed by atoms with E-state index in [1.54, 1.807) is 6.07 Å². The van der Waals surface area contributed by atoms with Crippen molar-refractivity contribution in [1.29, 1.82) is 0 Å². The lowest BCUT2D eigenvalue weighted by Crippen LogP contribution is -2.25. The Morgan fingerprint density at radius 2 is 2.12 bits per heavy atom. The molecule has 1 saturated heterocycles. The maximum atomic E-state index is 13.2. The molecule has 3 unspecified atom stereocenters. The summed E-state index contributed by atoms with van der Waals surface area (Å²) in [7, 11) is 1.83. The first kappa shape index (κ1) is 12.5. The molecule has 3 atom stereocenters. The van der Waals surface area contributed by atoms with E-state index in [0.29, 0.717) is 12.5 Å². The van der Waals surface area contributed by atoms with Crippen LogP contribution in [0.2, 0.25) is 0 Å². The van der Waals surface area contributed by atoms with Gasteiger partial charge in [-0.3, -0.25) is 0 Å². The highest BCUT2D eigenvalue weighted by Crippen LogP contribution is 2.31. The van der Waals surface area contributed by atoms with E-state index >= 15 is 0 Å². The first-order valence-electron chi connectivity index (χ1n) is 5.85. The van der Waals surface area contributed by atoms with Crippen molar-refractivity contribution in [3.8, 4) is 0 Å². The van der Waals surface area contributed by atoms with Crippen LogP contribution >= 0.6 is 0 Å². The van der Waals surface area contributed by atoms with Crippen molar-refractivity contribution in [2.75, 3.05) is 13.7 Å². The Morgan fingerprint density at radius 3 is 2.65 bits per heavy atom. The normalized spacial score (nSPS) is 26.1. The quantitative estimate of drug-likeness (QED) is 0.878. The van der Waals surface area contributed by atoms with Gasteiger partial charge >= 0.3 is 0 Å². The van der Waals surface area contributed by atoms with Gasteiger partial charge in [-0.25, -0.2) is 8.78 Å². The van der Waals surface area contributed by atoms with Gasteiger partial charge in [-0.1, -0.05) is 6.07 Å². The number of benzene rings is 1. The molecular formula is C13H17F2NO. The van der Waals surface area contributed by atoms with Crippen molar-refractivity contribution in [3.05, 3.63) is 35.4 Å². The molecule has 1 aromatic rings. The van der Waals surface area contributed by atoms with Crippen LogP contribution in [0.5, 0.6) is 0 Å². The minimum Gasteiger partial charge on any atom is -0.378 e. The Morgan fingerprint density at radius 1 is 1.35 bits per heavy atom. The summed E-state index contributed by atoms with van der Waals surface area (Å²) in [4.78, 5) is 0. The van der Waals surface area contributed by atoms with Crippen LogP contribution in [-0.4, -0.2) is 19.8 Å². The van der Waals surface area contributed by atoms with Crippen LogP contribution < -0.4 is 5.32 Å². The van der Waals surface area contributed by atoms with Gasteiger partial charge in [-0.2, -0.15) is 0 Å². The highest BCUT2D eigenvalue weighted by atomic mass is 19.2. The Balaban J connectivity index is 2.20. The summed E-state index contributed by atoms with van der Waals surface area (Å²) in [5.41, 5.74) is 0.772. The van der Waals surface area contributed by atoms with Gasteiger partial charge in [0.1, 0.15) is 0 Å². The molecule has 0 amide bonds. The molecule has 94 valence electrons. The average molecular weight is 241 g/mol. The van der Waals surface area contributed by atoms with Gasteiger partial charge < -0.3 is 10.1 Å². The molecule has 1 N–H and O–H groups in total. The monoisotopic (exact) mass is 241 g/mol. The minimum absolute atomic E-state index is 0.00931. The van der Waals surface area contributed by atoms with Crippen molar-refractivity contribution in [1.82, 2.24) is 5.32 Å². The van der Waals surface area contributed by atoms with Gasteiger partial charge in [0.05, 0.1) is 12.7 Å². The van der Waals surface area contributed by atoms with Crippen molar-refractivity contribution < 1.29 is 13.5 Å². The van der Waals surface area contributed by atoms with Crippen LogP contribution in [0.1, 0.15) is 24.9 Å². The lowest BCUT2D eigenvalue weighted by atomic mass is 9.91. The summed E-state index contributed by atoms with van der Waals surface area (Å²) >= 11 is 0. The van der Waals surface area contributed by atoms with Gasteiger partial charge in [0.25, 0.3) is 0 Å². The predicted molar refractivity (Wildman–Crippen MR) is 61.7 cm³/mol. The molecule has 1 heterocycles. The largest absolute Gasteiger partial charge is 0.378 e. The third-order valence-corrected chi connectivity index (χ3v) is 3.31. The zero-order valence-corrected chi connectivity index (χ0v) is 10.0. The zero-order chi connectivity index (χ0) is 12.4. The lowest BCUT2D eigenvalue weighted by Gasteiger charge is -2.22. The molecular weight excluding hydrogens is 224 g/mol. The first-order chi connectivity index (χ1) is 8.11. The second-order valence-corrected chi connectivity index (χ2v) is 4.58. The fraction of sp³-hybridized carbons (Fsp3) is 0.538. The van der Waals surface area contributed by atoms with Crippen LogP contribution in [-0.2, 0) is 4.74 Å². The number of nitrogens with one attached hydrogen (secondary N) is 1. The van der Waals surface area contributed by atoms with E-state index in [0.717, 1.165) is 12.0 Å². The van der Waals surface area contributed by atoms with Gasteiger partial charge in [0, 0.05) is 12.0 Å². The lowest BCUT2D eigenvalue weighted by molar-refractivity contribution is 0.117. The summed E-state index contributed by atoms with van der Waals surface area (Å²) in [6.45, 7) is 2.68. The number of hydrogen-bond donors (Lipinski definition) is 1. The van der Waals surface area contributed by atoms with Crippen LogP contribution in [0.25, 0.3) is 0 Å². The molecule has 1 aliphatic heterocycles. The third kappa shape index (κ3) is 2.64. The molecule has 2 rings (SSSR count). The Hall–Kier alpha value is -1.00. The Kier molecular flexibility index (Phi) is 3.74. The molecule has 0 saturated carbocycles. The van der Waals surface area contributed by atoms with E-state index in [9.17, 15) is 8.78 Å². The summed E-state index contributed by atoms with van der Waals surface area (Å²) < 4.78 is 31.6. The molecule has 1 aliphatic rings. The molecule has 0 radical (unpaired) electrons. The average Bonchev–Trinajstić information content (AvgIpc) is 2.71. The van der Waals surface area contributed by atoms with E-state index in [-0.39, 0.29) is 12.1 Å². The summed E-state index contributed by atoms with van der Waals surface area (Å²) in [5.74, 6) is -1.30. The molecule has 0 aromatic heterocycles. The van der Waals surface area contributed by atoms with E-state index in [1.807, 2.05) is 14.0 Å². The van der Waals surface area contributed by atoms with E-state index in [2.05, 4.69) is 5.32 Å². The summed E-state index contributed by atoms with van der Waals surface area (Å²) in [5, 5.41) is 3.16. The van der Waals surface area contributed by atoms with Crippen LogP contribution in [0.4, 0.5) is 8.78 Å². The molecule has 0 aliphatic carbocycles. The number of halogens is 2. The number of ether oxygens (including phenoxy) is 1. The Labute approximate surface area is 100.0 Å². The van der Waals surface area contributed by atoms with Crippen molar-refractivity contribution >= 4 is 0 Å². The standard InChI is InChI=1S/C13H17F2NO/c1-8-5-10(7-17-8)13(16-2)9-3-4-11(14)12(15)6-9/h3-4,6,8,10,13,16H,5,7H2,1-2H3. The van der Waals surface area contributed by atoms with E-state index < -0.39 is 11.6 Å². The van der Waals surface area contributed by atoms with Gasteiger partial charge in [-0.15, -0.1) is 0 Å². The second kappa shape index (κ2) is 5.10. The fourth-order valence-electron chi connectivity index (χ4n) is 2.46. The molecule has 4 heteroatoms. The molecule has 0 bridgehead atoms. The smallest absolute Gasteiger partial charge is 0.159 e. The number of rotatable bonds is 3. The minimum atomic E-state index is -0.806.